The molecular weight excluding hydrogens is 589 g/mol. The summed E-state index contributed by atoms with van der Waals surface area (Å²) >= 11 is 3.56. The molecule has 1 aliphatic carbocycles. The maximum atomic E-state index is 10.4. The Balaban J connectivity index is 1.47. The lowest BCUT2D eigenvalue weighted by molar-refractivity contribution is 0.475. The monoisotopic (exact) mass is 614 g/mol. The molecule has 1 aliphatic rings. The molecular formula is C41H26O2S2. The van der Waals surface area contributed by atoms with Crippen LogP contribution in [0.1, 0.15) is 22.3 Å². The maximum Gasteiger partial charge on any atom is 0.115 e. The van der Waals surface area contributed by atoms with Gasteiger partial charge in [-0.25, -0.2) is 0 Å². The Morgan fingerprint density at radius 1 is 0.400 bits per heavy atom. The third kappa shape index (κ3) is 3.73. The molecule has 0 spiro atoms. The second-order valence-corrected chi connectivity index (χ2v) is 13.4. The molecule has 0 atom stereocenters. The Bertz CT molecular complexity index is 2220. The van der Waals surface area contributed by atoms with Crippen LogP contribution in [0.3, 0.4) is 0 Å². The molecule has 4 heteroatoms. The molecule has 9 rings (SSSR count). The fourth-order valence-electron chi connectivity index (χ4n) is 7.45. The van der Waals surface area contributed by atoms with E-state index < -0.39 is 5.41 Å². The van der Waals surface area contributed by atoms with Crippen molar-refractivity contribution in [3.05, 3.63) is 166 Å². The van der Waals surface area contributed by atoms with E-state index in [2.05, 4.69) is 95.7 Å². The Morgan fingerprint density at radius 2 is 0.822 bits per heavy atom. The molecule has 0 amide bonds. The molecule has 2 aromatic heterocycles. The van der Waals surface area contributed by atoms with Crippen molar-refractivity contribution in [3.8, 4) is 44.9 Å². The van der Waals surface area contributed by atoms with Crippen molar-refractivity contribution in [1.29, 1.82) is 0 Å². The van der Waals surface area contributed by atoms with Gasteiger partial charge in [0, 0.05) is 31.3 Å². The molecule has 0 fully saturated rings. The number of phenolic OH excluding ortho intramolecular Hbond substituents is 2. The molecule has 2 N–H and O–H groups in total. The number of benzene rings is 6. The van der Waals surface area contributed by atoms with E-state index in [1.165, 1.54) is 64.7 Å². The molecule has 6 aromatic carbocycles. The fourth-order valence-corrected chi connectivity index (χ4v) is 9.37. The highest BCUT2D eigenvalue weighted by molar-refractivity contribution is 7.18. The highest BCUT2D eigenvalue weighted by Crippen LogP contribution is 2.61. The Morgan fingerprint density at radius 3 is 1.27 bits per heavy atom. The number of aromatic hydroxyl groups is 2. The van der Waals surface area contributed by atoms with Gasteiger partial charge in [0.25, 0.3) is 0 Å². The van der Waals surface area contributed by atoms with Crippen LogP contribution in [0.4, 0.5) is 0 Å². The highest BCUT2D eigenvalue weighted by Gasteiger charge is 2.48. The van der Waals surface area contributed by atoms with Gasteiger partial charge in [-0.3, -0.25) is 0 Å². The van der Waals surface area contributed by atoms with Crippen LogP contribution in [0.25, 0.3) is 53.6 Å². The van der Waals surface area contributed by atoms with Gasteiger partial charge in [0.1, 0.15) is 11.5 Å². The number of fused-ring (bicyclic) bond motifs is 5. The predicted octanol–water partition coefficient (Wildman–Crippen LogP) is 11.2. The first kappa shape index (κ1) is 26.3. The van der Waals surface area contributed by atoms with Crippen LogP contribution in [0.15, 0.2) is 144 Å². The lowest BCUT2D eigenvalue weighted by Crippen LogP contribution is -2.28. The predicted molar refractivity (Wildman–Crippen MR) is 189 cm³/mol. The summed E-state index contributed by atoms with van der Waals surface area (Å²) in [6, 6.07) is 46.0. The Labute approximate surface area is 268 Å². The molecule has 2 nitrogen and oxygen atoms in total. The minimum Gasteiger partial charge on any atom is -0.508 e. The van der Waals surface area contributed by atoms with Crippen LogP contribution in [0, 0.1) is 0 Å². The molecule has 214 valence electrons. The van der Waals surface area contributed by atoms with Gasteiger partial charge < -0.3 is 10.2 Å². The van der Waals surface area contributed by atoms with Crippen LogP contribution in [-0.4, -0.2) is 10.2 Å². The first-order valence-corrected chi connectivity index (χ1v) is 16.7. The van der Waals surface area contributed by atoms with Gasteiger partial charge in [-0.05, 0) is 91.7 Å². The van der Waals surface area contributed by atoms with E-state index in [9.17, 15) is 10.2 Å². The van der Waals surface area contributed by atoms with Crippen LogP contribution >= 0.6 is 22.7 Å². The normalized spacial score (nSPS) is 13.2. The molecule has 0 saturated carbocycles. The van der Waals surface area contributed by atoms with Gasteiger partial charge in [0.2, 0.25) is 0 Å². The summed E-state index contributed by atoms with van der Waals surface area (Å²) in [6.07, 6.45) is 0. The molecule has 0 unspecified atom stereocenters. The van der Waals surface area contributed by atoms with E-state index in [1.54, 1.807) is 46.9 Å². The lowest BCUT2D eigenvalue weighted by atomic mass is 9.67. The Hall–Kier alpha value is -5.16. The third-order valence-electron chi connectivity index (χ3n) is 9.33. The van der Waals surface area contributed by atoms with Crippen molar-refractivity contribution in [2.24, 2.45) is 0 Å². The quantitative estimate of drug-likeness (QED) is 0.207. The van der Waals surface area contributed by atoms with Gasteiger partial charge >= 0.3 is 0 Å². The molecule has 0 radical (unpaired) electrons. The zero-order valence-corrected chi connectivity index (χ0v) is 25.7. The van der Waals surface area contributed by atoms with Crippen molar-refractivity contribution in [3.63, 3.8) is 0 Å². The average molecular weight is 615 g/mol. The van der Waals surface area contributed by atoms with Crippen LogP contribution in [0.2, 0.25) is 0 Å². The zero-order valence-electron chi connectivity index (χ0n) is 24.1. The maximum absolute atomic E-state index is 10.4. The minimum absolute atomic E-state index is 0.232. The van der Waals surface area contributed by atoms with E-state index in [0.29, 0.717) is 0 Å². The van der Waals surface area contributed by atoms with Crippen LogP contribution in [0.5, 0.6) is 11.5 Å². The van der Waals surface area contributed by atoms with E-state index in [4.69, 9.17) is 0 Å². The lowest BCUT2D eigenvalue weighted by Gasteiger charge is -2.34. The number of phenols is 2. The van der Waals surface area contributed by atoms with Crippen LogP contribution < -0.4 is 0 Å². The van der Waals surface area contributed by atoms with E-state index in [-0.39, 0.29) is 11.5 Å². The second kappa shape index (κ2) is 9.93. The van der Waals surface area contributed by atoms with Gasteiger partial charge in [-0.1, -0.05) is 97.1 Å². The fraction of sp³-hybridized carbons (Fsp3) is 0.0244. The van der Waals surface area contributed by atoms with Gasteiger partial charge in [0.05, 0.1) is 5.41 Å². The largest absolute Gasteiger partial charge is 0.508 e. The first-order chi connectivity index (χ1) is 22.1. The van der Waals surface area contributed by atoms with Gasteiger partial charge in [0.15, 0.2) is 0 Å². The van der Waals surface area contributed by atoms with Gasteiger partial charge in [-0.15, -0.1) is 22.7 Å². The van der Waals surface area contributed by atoms with E-state index >= 15 is 0 Å². The van der Waals surface area contributed by atoms with Gasteiger partial charge in [-0.2, -0.15) is 0 Å². The molecule has 8 aromatic rings. The smallest absolute Gasteiger partial charge is 0.115 e. The van der Waals surface area contributed by atoms with E-state index in [1.807, 2.05) is 24.3 Å². The van der Waals surface area contributed by atoms with Crippen molar-refractivity contribution in [2.75, 3.05) is 0 Å². The standard InChI is InChI=1S/C41H26O2S2/c42-27-19-15-25(16-20-27)41(26-17-21-28(43)22-18-26)35-11-5-9-31(33-23-44-37-13-3-1-7-29(33)37)39(35)40-32(10-6-12-36(40)41)34-24-45-38-14-4-2-8-30(34)38/h1-24,42-43H. The summed E-state index contributed by atoms with van der Waals surface area (Å²) in [7, 11) is 0. The molecule has 0 saturated heterocycles. The first-order valence-electron chi connectivity index (χ1n) is 14.9. The average Bonchev–Trinajstić information content (AvgIpc) is 3.79. The number of hydrogen-bond acceptors (Lipinski definition) is 4. The Kier molecular flexibility index (Phi) is 5.79. The minimum atomic E-state index is -0.685. The number of thiophene rings is 2. The van der Waals surface area contributed by atoms with Crippen LogP contribution in [-0.2, 0) is 5.41 Å². The molecule has 0 bridgehead atoms. The summed E-state index contributed by atoms with van der Waals surface area (Å²) in [5, 5.41) is 27.9. The summed E-state index contributed by atoms with van der Waals surface area (Å²) in [6.45, 7) is 0. The van der Waals surface area contributed by atoms with E-state index in [0.717, 1.165) is 11.1 Å². The zero-order chi connectivity index (χ0) is 30.1. The summed E-state index contributed by atoms with van der Waals surface area (Å²) in [5.74, 6) is 0.463. The van der Waals surface area contributed by atoms with Crippen molar-refractivity contribution in [2.45, 2.75) is 5.41 Å². The number of rotatable bonds is 4. The molecule has 2 heterocycles. The SMILES string of the molecule is Oc1ccc(C2(c3ccc(O)cc3)c3cccc(-c4csc5ccccc45)c3-c3c(-c4csc5ccccc45)cccc32)cc1. The second-order valence-electron chi connectivity index (χ2n) is 11.6. The molecule has 45 heavy (non-hydrogen) atoms. The van der Waals surface area contributed by atoms with Crippen molar-refractivity contribution >= 4 is 42.8 Å². The third-order valence-corrected chi connectivity index (χ3v) is 11.3. The highest BCUT2D eigenvalue weighted by atomic mass is 32.1. The summed E-state index contributed by atoms with van der Waals surface area (Å²) < 4.78 is 2.53. The summed E-state index contributed by atoms with van der Waals surface area (Å²) in [5.41, 5.74) is 11.1. The number of hydrogen-bond donors (Lipinski definition) is 2. The topological polar surface area (TPSA) is 40.5 Å². The molecule has 0 aliphatic heterocycles. The van der Waals surface area contributed by atoms with Crippen molar-refractivity contribution < 1.29 is 10.2 Å². The van der Waals surface area contributed by atoms with Crippen molar-refractivity contribution in [1.82, 2.24) is 0 Å². The summed E-state index contributed by atoms with van der Waals surface area (Å²) in [4.78, 5) is 0.